The molecule has 2 amide bonds. The minimum absolute atomic E-state index is 0. The van der Waals surface area contributed by atoms with Crippen molar-refractivity contribution in [2.45, 2.75) is 12.8 Å². The van der Waals surface area contributed by atoms with Crippen LogP contribution in [0.25, 0.3) is 0 Å². The van der Waals surface area contributed by atoms with Gasteiger partial charge in [0.15, 0.2) is 0 Å². The van der Waals surface area contributed by atoms with Gasteiger partial charge in [0.25, 0.3) is 5.91 Å². The second kappa shape index (κ2) is 9.20. The van der Waals surface area contributed by atoms with Gasteiger partial charge in [-0.05, 0) is 55.6 Å². The van der Waals surface area contributed by atoms with Crippen LogP contribution in [0.2, 0.25) is 0 Å². The summed E-state index contributed by atoms with van der Waals surface area (Å²) >= 11 is 0. The molecule has 3 rings (SSSR count). The lowest BCUT2D eigenvalue weighted by molar-refractivity contribution is -0.115. The average Bonchev–Trinajstić information content (AvgIpc) is 3.40. The van der Waals surface area contributed by atoms with Crippen molar-refractivity contribution in [3.05, 3.63) is 60.2 Å². The Morgan fingerprint density at radius 1 is 0.920 bits per heavy atom. The number of hydrogen-bond acceptors (Lipinski definition) is 3. The van der Waals surface area contributed by atoms with E-state index >= 15 is 0 Å². The van der Waals surface area contributed by atoms with Crippen LogP contribution >= 0.6 is 12.4 Å². The highest BCUT2D eigenvalue weighted by molar-refractivity contribution is 6.04. The molecule has 0 atom stereocenters. The molecule has 1 saturated carbocycles. The molecule has 0 heterocycles. The van der Waals surface area contributed by atoms with Crippen LogP contribution in [-0.4, -0.2) is 24.9 Å². The molecule has 25 heavy (non-hydrogen) atoms. The number of carbonyl (C=O) groups is 2. The number of nitrogens with one attached hydrogen (secondary N) is 3. The van der Waals surface area contributed by atoms with Crippen molar-refractivity contribution in [2.24, 2.45) is 5.92 Å². The number of benzene rings is 2. The summed E-state index contributed by atoms with van der Waals surface area (Å²) in [5, 5.41) is 8.82. The van der Waals surface area contributed by atoms with Crippen molar-refractivity contribution in [3.8, 4) is 0 Å². The van der Waals surface area contributed by atoms with Gasteiger partial charge in [-0.15, -0.1) is 12.4 Å². The van der Waals surface area contributed by atoms with E-state index in [1.54, 1.807) is 36.4 Å². The normalized spacial score (nSPS) is 12.8. The van der Waals surface area contributed by atoms with Gasteiger partial charge in [0.1, 0.15) is 0 Å². The molecule has 0 aliphatic heterocycles. The van der Waals surface area contributed by atoms with E-state index in [0.29, 0.717) is 23.5 Å². The van der Waals surface area contributed by atoms with E-state index in [9.17, 15) is 9.59 Å². The molecule has 0 spiro atoms. The van der Waals surface area contributed by atoms with E-state index in [2.05, 4.69) is 16.0 Å². The standard InChI is InChI=1S/C19H21N3O2.ClH/c23-18(13-20-12-14-9-10-14)21-16-7-4-8-17(11-16)22-19(24)15-5-2-1-3-6-15;/h1-8,11,14,20H,9-10,12-13H2,(H,21,23)(H,22,24);1H. The third kappa shape index (κ3) is 6.21. The monoisotopic (exact) mass is 359 g/mol. The minimum Gasteiger partial charge on any atom is -0.325 e. The molecular weight excluding hydrogens is 338 g/mol. The zero-order valence-corrected chi connectivity index (χ0v) is 14.6. The summed E-state index contributed by atoms with van der Waals surface area (Å²) < 4.78 is 0. The van der Waals surface area contributed by atoms with Gasteiger partial charge in [0, 0.05) is 16.9 Å². The molecular formula is C19H22ClN3O2. The largest absolute Gasteiger partial charge is 0.325 e. The van der Waals surface area contributed by atoms with Crippen molar-refractivity contribution in [2.75, 3.05) is 23.7 Å². The van der Waals surface area contributed by atoms with E-state index in [-0.39, 0.29) is 24.2 Å². The lowest BCUT2D eigenvalue weighted by Gasteiger charge is -2.09. The summed E-state index contributed by atoms with van der Waals surface area (Å²) in [7, 11) is 0. The lowest BCUT2D eigenvalue weighted by atomic mass is 10.2. The average molecular weight is 360 g/mol. The first-order valence-electron chi connectivity index (χ1n) is 8.18. The van der Waals surface area contributed by atoms with E-state index in [1.165, 1.54) is 12.8 Å². The van der Waals surface area contributed by atoms with Crippen LogP contribution in [0.3, 0.4) is 0 Å². The molecule has 132 valence electrons. The fourth-order valence-electron chi connectivity index (χ4n) is 2.38. The maximum atomic E-state index is 12.2. The summed E-state index contributed by atoms with van der Waals surface area (Å²) in [6.07, 6.45) is 2.52. The van der Waals surface area contributed by atoms with Crippen LogP contribution in [0.1, 0.15) is 23.2 Å². The quantitative estimate of drug-likeness (QED) is 0.710. The van der Waals surface area contributed by atoms with Gasteiger partial charge in [-0.2, -0.15) is 0 Å². The fraction of sp³-hybridized carbons (Fsp3) is 0.263. The lowest BCUT2D eigenvalue weighted by Crippen LogP contribution is -2.29. The van der Waals surface area contributed by atoms with Gasteiger partial charge < -0.3 is 16.0 Å². The van der Waals surface area contributed by atoms with Crippen molar-refractivity contribution >= 4 is 35.6 Å². The fourth-order valence-corrected chi connectivity index (χ4v) is 2.38. The molecule has 1 fully saturated rings. The number of amides is 2. The number of anilines is 2. The highest BCUT2D eigenvalue weighted by Gasteiger charge is 2.20. The molecule has 1 aliphatic rings. The number of halogens is 1. The van der Waals surface area contributed by atoms with Crippen LogP contribution in [-0.2, 0) is 4.79 Å². The summed E-state index contributed by atoms with van der Waals surface area (Å²) in [6, 6.07) is 16.2. The Kier molecular flexibility index (Phi) is 6.98. The summed E-state index contributed by atoms with van der Waals surface area (Å²) in [5.41, 5.74) is 1.91. The van der Waals surface area contributed by atoms with Gasteiger partial charge in [-0.25, -0.2) is 0 Å². The molecule has 0 saturated heterocycles. The highest BCUT2D eigenvalue weighted by atomic mass is 35.5. The number of carbonyl (C=O) groups excluding carboxylic acids is 2. The van der Waals surface area contributed by atoms with Crippen LogP contribution in [0.5, 0.6) is 0 Å². The van der Waals surface area contributed by atoms with Crippen molar-refractivity contribution in [1.82, 2.24) is 5.32 Å². The zero-order chi connectivity index (χ0) is 16.8. The smallest absolute Gasteiger partial charge is 0.255 e. The second-order valence-electron chi connectivity index (χ2n) is 6.02. The molecule has 0 aromatic heterocycles. The van der Waals surface area contributed by atoms with Crippen molar-refractivity contribution < 1.29 is 9.59 Å². The Bertz CT molecular complexity index is 718. The van der Waals surface area contributed by atoms with Gasteiger partial charge in [-0.3, -0.25) is 9.59 Å². The summed E-state index contributed by atoms with van der Waals surface area (Å²) in [4.78, 5) is 24.1. The van der Waals surface area contributed by atoms with Gasteiger partial charge in [0.2, 0.25) is 5.91 Å². The topological polar surface area (TPSA) is 70.2 Å². The maximum absolute atomic E-state index is 12.2. The molecule has 0 unspecified atom stereocenters. The third-order valence-corrected chi connectivity index (χ3v) is 3.86. The van der Waals surface area contributed by atoms with E-state index in [4.69, 9.17) is 0 Å². The maximum Gasteiger partial charge on any atom is 0.255 e. The predicted octanol–water partition coefficient (Wildman–Crippen LogP) is 3.30. The Morgan fingerprint density at radius 3 is 2.28 bits per heavy atom. The van der Waals surface area contributed by atoms with Crippen LogP contribution < -0.4 is 16.0 Å². The van der Waals surface area contributed by atoms with E-state index in [1.807, 2.05) is 18.2 Å². The molecule has 1 aliphatic carbocycles. The second-order valence-corrected chi connectivity index (χ2v) is 6.02. The number of hydrogen-bond donors (Lipinski definition) is 3. The number of rotatable bonds is 7. The van der Waals surface area contributed by atoms with Gasteiger partial charge in [-0.1, -0.05) is 24.3 Å². The first kappa shape index (κ1) is 19.0. The van der Waals surface area contributed by atoms with Crippen LogP contribution in [0.4, 0.5) is 11.4 Å². The molecule has 2 aromatic rings. The minimum atomic E-state index is -0.176. The first-order chi connectivity index (χ1) is 11.7. The SMILES string of the molecule is Cl.O=C(CNCC1CC1)Nc1cccc(NC(=O)c2ccccc2)c1. The molecule has 0 bridgehead atoms. The van der Waals surface area contributed by atoms with Crippen molar-refractivity contribution in [1.29, 1.82) is 0 Å². The third-order valence-electron chi connectivity index (χ3n) is 3.86. The molecule has 5 nitrogen and oxygen atoms in total. The molecule has 0 radical (unpaired) electrons. The molecule has 6 heteroatoms. The Hall–Kier alpha value is -2.37. The van der Waals surface area contributed by atoms with E-state index in [0.717, 1.165) is 12.5 Å². The zero-order valence-electron chi connectivity index (χ0n) is 13.8. The summed E-state index contributed by atoms with van der Waals surface area (Å²) in [6.45, 7) is 1.21. The Labute approximate surface area is 153 Å². The van der Waals surface area contributed by atoms with Crippen molar-refractivity contribution in [3.63, 3.8) is 0 Å². The Balaban J connectivity index is 0.00000225. The molecule has 2 aromatic carbocycles. The van der Waals surface area contributed by atoms with Crippen LogP contribution in [0.15, 0.2) is 54.6 Å². The van der Waals surface area contributed by atoms with Crippen LogP contribution in [0, 0.1) is 5.92 Å². The van der Waals surface area contributed by atoms with E-state index < -0.39 is 0 Å². The summed E-state index contributed by atoms with van der Waals surface area (Å²) in [5.74, 6) is 0.488. The van der Waals surface area contributed by atoms with Gasteiger partial charge >= 0.3 is 0 Å². The van der Waals surface area contributed by atoms with Gasteiger partial charge in [0.05, 0.1) is 6.54 Å². The Morgan fingerprint density at radius 2 is 1.60 bits per heavy atom. The highest BCUT2D eigenvalue weighted by Crippen LogP contribution is 2.27. The molecule has 3 N–H and O–H groups in total. The predicted molar refractivity (Wildman–Crippen MR) is 102 cm³/mol. The first-order valence-corrected chi connectivity index (χ1v) is 8.18.